The fourth-order valence-corrected chi connectivity index (χ4v) is 2.02. The SMILES string of the molecule is CC1OCCC1(C)NC(=O)c1ccc(N)c(O)c1. The van der Waals surface area contributed by atoms with E-state index in [4.69, 9.17) is 10.5 Å². The van der Waals surface area contributed by atoms with E-state index >= 15 is 0 Å². The lowest BCUT2D eigenvalue weighted by Gasteiger charge is -2.28. The second-order valence-electron chi connectivity index (χ2n) is 4.91. The van der Waals surface area contributed by atoms with E-state index in [9.17, 15) is 9.90 Å². The van der Waals surface area contributed by atoms with Crippen molar-refractivity contribution in [2.24, 2.45) is 0 Å². The highest BCUT2D eigenvalue weighted by atomic mass is 16.5. The summed E-state index contributed by atoms with van der Waals surface area (Å²) in [6, 6.07) is 4.48. The Balaban J connectivity index is 2.14. The van der Waals surface area contributed by atoms with Crippen molar-refractivity contribution in [3.8, 4) is 5.75 Å². The molecule has 0 saturated carbocycles. The molecule has 2 unspecified atom stereocenters. The first-order valence-electron chi connectivity index (χ1n) is 5.95. The zero-order valence-electron chi connectivity index (χ0n) is 10.6. The van der Waals surface area contributed by atoms with Gasteiger partial charge in [-0.1, -0.05) is 0 Å². The third kappa shape index (κ3) is 2.26. The van der Waals surface area contributed by atoms with Gasteiger partial charge in [-0.05, 0) is 38.5 Å². The van der Waals surface area contributed by atoms with Crippen molar-refractivity contribution in [3.63, 3.8) is 0 Å². The van der Waals surface area contributed by atoms with Crippen LogP contribution in [0.5, 0.6) is 5.75 Å². The smallest absolute Gasteiger partial charge is 0.251 e. The van der Waals surface area contributed by atoms with Gasteiger partial charge in [0.2, 0.25) is 0 Å². The van der Waals surface area contributed by atoms with Crippen LogP contribution in [0, 0.1) is 0 Å². The topological polar surface area (TPSA) is 84.6 Å². The predicted molar refractivity (Wildman–Crippen MR) is 68.4 cm³/mol. The molecule has 18 heavy (non-hydrogen) atoms. The van der Waals surface area contributed by atoms with Gasteiger partial charge in [0.05, 0.1) is 17.3 Å². The van der Waals surface area contributed by atoms with Crippen molar-refractivity contribution < 1.29 is 14.6 Å². The van der Waals surface area contributed by atoms with E-state index < -0.39 is 0 Å². The van der Waals surface area contributed by atoms with E-state index in [0.29, 0.717) is 12.2 Å². The molecule has 0 spiro atoms. The number of amides is 1. The number of nitrogens with one attached hydrogen (secondary N) is 1. The average Bonchev–Trinajstić information content (AvgIpc) is 2.63. The molecule has 0 radical (unpaired) electrons. The second-order valence-corrected chi connectivity index (χ2v) is 4.91. The number of nitrogen functional groups attached to an aromatic ring is 1. The molecule has 2 atom stereocenters. The molecule has 98 valence electrons. The van der Waals surface area contributed by atoms with Gasteiger partial charge in [0.1, 0.15) is 5.75 Å². The third-order valence-electron chi connectivity index (χ3n) is 3.58. The summed E-state index contributed by atoms with van der Waals surface area (Å²) in [5, 5.41) is 12.4. The molecule has 1 heterocycles. The number of carbonyl (C=O) groups is 1. The number of phenolic OH excluding ortho intramolecular Hbond substituents is 1. The van der Waals surface area contributed by atoms with Gasteiger partial charge in [-0.25, -0.2) is 0 Å². The molecule has 5 heteroatoms. The Kier molecular flexibility index (Phi) is 3.17. The molecule has 1 aromatic rings. The van der Waals surface area contributed by atoms with Crippen LogP contribution in [0.2, 0.25) is 0 Å². The number of nitrogens with two attached hydrogens (primary N) is 1. The first-order valence-corrected chi connectivity index (χ1v) is 5.95. The molecule has 0 aliphatic carbocycles. The summed E-state index contributed by atoms with van der Waals surface area (Å²) in [4.78, 5) is 12.1. The van der Waals surface area contributed by atoms with Crippen molar-refractivity contribution in [2.45, 2.75) is 31.9 Å². The summed E-state index contributed by atoms with van der Waals surface area (Å²) >= 11 is 0. The van der Waals surface area contributed by atoms with Crippen molar-refractivity contribution in [3.05, 3.63) is 23.8 Å². The lowest BCUT2D eigenvalue weighted by Crippen LogP contribution is -2.50. The van der Waals surface area contributed by atoms with Gasteiger partial charge in [0.15, 0.2) is 0 Å². The minimum atomic E-state index is -0.367. The third-order valence-corrected chi connectivity index (χ3v) is 3.58. The molecule has 5 nitrogen and oxygen atoms in total. The highest BCUT2D eigenvalue weighted by Gasteiger charge is 2.38. The van der Waals surface area contributed by atoms with Crippen LogP contribution in [0.4, 0.5) is 5.69 Å². The summed E-state index contributed by atoms with van der Waals surface area (Å²) < 4.78 is 5.46. The van der Waals surface area contributed by atoms with E-state index in [0.717, 1.165) is 6.42 Å². The van der Waals surface area contributed by atoms with Gasteiger partial charge in [-0.3, -0.25) is 4.79 Å². The van der Waals surface area contributed by atoms with Gasteiger partial charge < -0.3 is 20.9 Å². The number of hydrogen-bond acceptors (Lipinski definition) is 4. The summed E-state index contributed by atoms with van der Waals surface area (Å²) in [6.45, 7) is 4.54. The fourth-order valence-electron chi connectivity index (χ4n) is 2.02. The highest BCUT2D eigenvalue weighted by Crippen LogP contribution is 2.26. The maximum Gasteiger partial charge on any atom is 0.251 e. The van der Waals surface area contributed by atoms with Gasteiger partial charge in [-0.15, -0.1) is 0 Å². The molecular formula is C13H18N2O3. The van der Waals surface area contributed by atoms with Crippen LogP contribution in [0.15, 0.2) is 18.2 Å². The van der Waals surface area contributed by atoms with Gasteiger partial charge in [0.25, 0.3) is 5.91 Å². The molecular weight excluding hydrogens is 232 g/mol. The molecule has 1 aliphatic heterocycles. The Morgan fingerprint density at radius 1 is 1.61 bits per heavy atom. The monoisotopic (exact) mass is 250 g/mol. The summed E-state index contributed by atoms with van der Waals surface area (Å²) in [7, 11) is 0. The fraction of sp³-hybridized carbons (Fsp3) is 0.462. The van der Waals surface area contributed by atoms with Gasteiger partial charge in [-0.2, -0.15) is 0 Å². The van der Waals surface area contributed by atoms with E-state index in [1.54, 1.807) is 6.07 Å². The molecule has 1 saturated heterocycles. The molecule has 1 fully saturated rings. The van der Waals surface area contributed by atoms with E-state index in [-0.39, 0.29) is 29.0 Å². The average molecular weight is 250 g/mol. The van der Waals surface area contributed by atoms with Crippen molar-refractivity contribution in [2.75, 3.05) is 12.3 Å². The molecule has 0 bridgehead atoms. The van der Waals surface area contributed by atoms with Gasteiger partial charge in [0, 0.05) is 12.2 Å². The minimum absolute atomic E-state index is 0.0242. The Morgan fingerprint density at radius 2 is 2.33 bits per heavy atom. The summed E-state index contributed by atoms with van der Waals surface area (Å²) in [5.41, 5.74) is 5.78. The number of benzene rings is 1. The molecule has 1 aliphatic rings. The molecule has 0 aromatic heterocycles. The first-order chi connectivity index (χ1) is 8.42. The number of phenols is 1. The number of aromatic hydroxyl groups is 1. The summed E-state index contributed by atoms with van der Waals surface area (Å²) in [6.07, 6.45) is 0.754. The van der Waals surface area contributed by atoms with Crippen LogP contribution in [0.1, 0.15) is 30.6 Å². The van der Waals surface area contributed by atoms with Crippen LogP contribution in [0.25, 0.3) is 0 Å². The first kappa shape index (κ1) is 12.7. The Labute approximate surface area is 106 Å². The van der Waals surface area contributed by atoms with Crippen LogP contribution in [0.3, 0.4) is 0 Å². The van der Waals surface area contributed by atoms with Gasteiger partial charge >= 0.3 is 0 Å². The Bertz CT molecular complexity index is 475. The van der Waals surface area contributed by atoms with E-state index in [2.05, 4.69) is 5.32 Å². The number of ether oxygens (including phenoxy) is 1. The maximum atomic E-state index is 12.1. The number of anilines is 1. The normalized spacial score (nSPS) is 27.1. The number of carbonyl (C=O) groups excluding carboxylic acids is 1. The largest absolute Gasteiger partial charge is 0.506 e. The quantitative estimate of drug-likeness (QED) is 0.545. The van der Waals surface area contributed by atoms with Crippen LogP contribution < -0.4 is 11.1 Å². The summed E-state index contributed by atoms with van der Waals surface area (Å²) in [5.74, 6) is -0.311. The zero-order valence-corrected chi connectivity index (χ0v) is 10.6. The number of rotatable bonds is 2. The number of hydrogen-bond donors (Lipinski definition) is 3. The minimum Gasteiger partial charge on any atom is -0.506 e. The lowest BCUT2D eigenvalue weighted by molar-refractivity contribution is 0.0727. The second kappa shape index (κ2) is 4.49. The zero-order chi connectivity index (χ0) is 13.3. The standard InChI is InChI=1S/C13H18N2O3/c1-8-13(2,5-6-18-8)15-12(17)9-3-4-10(14)11(16)7-9/h3-4,7-8,16H,5-6,14H2,1-2H3,(H,15,17). The molecule has 2 rings (SSSR count). The molecule has 4 N–H and O–H groups in total. The highest BCUT2D eigenvalue weighted by molar-refractivity contribution is 5.95. The van der Waals surface area contributed by atoms with Crippen LogP contribution in [-0.4, -0.2) is 29.3 Å². The Morgan fingerprint density at radius 3 is 2.89 bits per heavy atom. The van der Waals surface area contributed by atoms with Crippen LogP contribution >= 0.6 is 0 Å². The van der Waals surface area contributed by atoms with E-state index in [1.165, 1.54) is 12.1 Å². The predicted octanol–water partition coefficient (Wildman–Crippen LogP) is 1.27. The van der Waals surface area contributed by atoms with E-state index in [1.807, 2.05) is 13.8 Å². The Hall–Kier alpha value is -1.75. The lowest BCUT2D eigenvalue weighted by atomic mass is 9.94. The maximum absolute atomic E-state index is 12.1. The molecule has 1 aromatic carbocycles. The van der Waals surface area contributed by atoms with Crippen molar-refractivity contribution in [1.29, 1.82) is 0 Å². The van der Waals surface area contributed by atoms with Crippen molar-refractivity contribution >= 4 is 11.6 Å². The van der Waals surface area contributed by atoms with Crippen molar-refractivity contribution in [1.82, 2.24) is 5.32 Å². The molecule has 1 amide bonds. The van der Waals surface area contributed by atoms with Crippen LogP contribution in [-0.2, 0) is 4.74 Å².